The molecule has 1 aliphatic carbocycles. The van der Waals surface area contributed by atoms with Crippen LogP contribution in [-0.2, 0) is 4.79 Å². The lowest BCUT2D eigenvalue weighted by molar-refractivity contribution is -0.143. The molecule has 19 heavy (non-hydrogen) atoms. The third-order valence-electron chi connectivity index (χ3n) is 3.49. The second kappa shape index (κ2) is 5.61. The van der Waals surface area contributed by atoms with E-state index in [4.69, 9.17) is 5.11 Å². The summed E-state index contributed by atoms with van der Waals surface area (Å²) >= 11 is 1.60. The molecule has 0 saturated heterocycles. The van der Waals surface area contributed by atoms with Crippen LogP contribution in [0.4, 0.5) is 4.79 Å². The SMILES string of the molecule is CCC(NC(=O)NCC1(C(=O)O)CC1)c1cccs1. The van der Waals surface area contributed by atoms with E-state index >= 15 is 0 Å². The zero-order valence-electron chi connectivity index (χ0n) is 10.8. The van der Waals surface area contributed by atoms with E-state index < -0.39 is 11.4 Å². The molecule has 1 aromatic rings. The predicted molar refractivity (Wildman–Crippen MR) is 73.2 cm³/mol. The molecular weight excluding hydrogens is 264 g/mol. The number of carbonyl (C=O) groups is 2. The number of hydrogen-bond acceptors (Lipinski definition) is 3. The van der Waals surface area contributed by atoms with Gasteiger partial charge in [0.05, 0.1) is 11.5 Å². The Labute approximate surface area is 116 Å². The average Bonchev–Trinajstić information content (AvgIpc) is 3.00. The highest BCUT2D eigenvalue weighted by Crippen LogP contribution is 2.45. The van der Waals surface area contributed by atoms with E-state index in [9.17, 15) is 9.59 Å². The minimum atomic E-state index is -0.821. The molecule has 0 aliphatic heterocycles. The van der Waals surface area contributed by atoms with Gasteiger partial charge in [-0.3, -0.25) is 4.79 Å². The number of amides is 2. The first-order valence-electron chi connectivity index (χ1n) is 6.38. The molecule has 2 rings (SSSR count). The van der Waals surface area contributed by atoms with Crippen LogP contribution < -0.4 is 10.6 Å². The second-order valence-electron chi connectivity index (χ2n) is 4.89. The number of carboxylic acid groups (broad SMARTS) is 1. The number of carboxylic acids is 1. The lowest BCUT2D eigenvalue weighted by Gasteiger charge is -2.17. The summed E-state index contributed by atoms with van der Waals surface area (Å²) in [6, 6.07) is 3.62. The average molecular weight is 282 g/mol. The molecule has 0 bridgehead atoms. The molecule has 1 aromatic heterocycles. The first-order chi connectivity index (χ1) is 9.07. The fourth-order valence-corrected chi connectivity index (χ4v) is 2.80. The third-order valence-corrected chi connectivity index (χ3v) is 4.48. The largest absolute Gasteiger partial charge is 0.481 e. The minimum absolute atomic E-state index is 0.0139. The molecular formula is C13H18N2O3S. The van der Waals surface area contributed by atoms with Crippen LogP contribution in [-0.4, -0.2) is 23.7 Å². The van der Waals surface area contributed by atoms with E-state index in [1.54, 1.807) is 11.3 Å². The predicted octanol–water partition coefficient (Wildman–Crippen LogP) is 2.36. The van der Waals surface area contributed by atoms with Gasteiger partial charge in [0.1, 0.15) is 0 Å². The number of aliphatic carboxylic acids is 1. The van der Waals surface area contributed by atoms with Gasteiger partial charge in [-0.05, 0) is 30.7 Å². The van der Waals surface area contributed by atoms with Crippen LogP contribution in [0.1, 0.15) is 37.1 Å². The molecule has 0 radical (unpaired) electrons. The van der Waals surface area contributed by atoms with E-state index in [1.807, 2.05) is 24.4 Å². The van der Waals surface area contributed by atoms with Gasteiger partial charge in [0.25, 0.3) is 0 Å². The molecule has 0 spiro atoms. The lowest BCUT2D eigenvalue weighted by Crippen LogP contribution is -2.41. The Morgan fingerprint density at radius 1 is 1.53 bits per heavy atom. The normalized spacial score (nSPS) is 17.5. The van der Waals surface area contributed by atoms with Gasteiger partial charge in [-0.1, -0.05) is 13.0 Å². The summed E-state index contributed by atoms with van der Waals surface area (Å²) in [4.78, 5) is 23.9. The molecule has 1 unspecified atom stereocenters. The van der Waals surface area contributed by atoms with Crippen LogP contribution in [0.2, 0.25) is 0 Å². The van der Waals surface area contributed by atoms with Gasteiger partial charge in [0.15, 0.2) is 0 Å². The van der Waals surface area contributed by atoms with Crippen LogP contribution in [0.5, 0.6) is 0 Å². The van der Waals surface area contributed by atoms with Gasteiger partial charge in [0.2, 0.25) is 0 Å². The van der Waals surface area contributed by atoms with E-state index in [1.165, 1.54) is 0 Å². The molecule has 1 aliphatic rings. The third kappa shape index (κ3) is 3.26. The van der Waals surface area contributed by atoms with Crippen molar-refractivity contribution in [3.8, 4) is 0 Å². The Morgan fingerprint density at radius 3 is 2.74 bits per heavy atom. The van der Waals surface area contributed by atoms with Crippen LogP contribution in [0.3, 0.4) is 0 Å². The molecule has 1 fully saturated rings. The van der Waals surface area contributed by atoms with Crippen molar-refractivity contribution in [2.45, 2.75) is 32.2 Å². The van der Waals surface area contributed by atoms with Crippen LogP contribution in [0.15, 0.2) is 17.5 Å². The fraction of sp³-hybridized carbons (Fsp3) is 0.538. The first-order valence-corrected chi connectivity index (χ1v) is 7.26. The minimum Gasteiger partial charge on any atom is -0.481 e. The molecule has 0 aromatic carbocycles. The molecule has 1 saturated carbocycles. The maximum Gasteiger partial charge on any atom is 0.315 e. The number of urea groups is 1. The Bertz CT molecular complexity index is 454. The summed E-state index contributed by atoms with van der Waals surface area (Å²) in [5.41, 5.74) is -0.720. The van der Waals surface area contributed by atoms with Gasteiger partial charge in [-0.25, -0.2) is 4.79 Å². The molecule has 3 N–H and O–H groups in total. The summed E-state index contributed by atoms with van der Waals surface area (Å²) in [5.74, 6) is -0.821. The standard InChI is InChI=1S/C13H18N2O3S/c1-2-9(10-4-3-7-19-10)15-12(18)14-8-13(5-6-13)11(16)17/h3-4,7,9H,2,5-6,8H2,1H3,(H,16,17)(H2,14,15,18). The van der Waals surface area contributed by atoms with E-state index in [-0.39, 0.29) is 18.6 Å². The Morgan fingerprint density at radius 2 is 2.26 bits per heavy atom. The van der Waals surface area contributed by atoms with Gasteiger partial charge in [-0.15, -0.1) is 11.3 Å². The van der Waals surface area contributed by atoms with Gasteiger partial charge >= 0.3 is 12.0 Å². The zero-order valence-corrected chi connectivity index (χ0v) is 11.6. The lowest BCUT2D eigenvalue weighted by atomic mass is 10.1. The van der Waals surface area contributed by atoms with Crippen molar-refractivity contribution < 1.29 is 14.7 Å². The Balaban J connectivity index is 1.82. The van der Waals surface area contributed by atoms with Gasteiger partial charge in [0, 0.05) is 11.4 Å². The van der Waals surface area contributed by atoms with Crippen LogP contribution >= 0.6 is 11.3 Å². The zero-order chi connectivity index (χ0) is 13.9. The van der Waals surface area contributed by atoms with E-state index in [0.717, 1.165) is 11.3 Å². The number of rotatable bonds is 6. The quantitative estimate of drug-likeness (QED) is 0.749. The smallest absolute Gasteiger partial charge is 0.315 e. The monoisotopic (exact) mass is 282 g/mol. The summed E-state index contributed by atoms with van der Waals surface area (Å²) in [7, 11) is 0. The topological polar surface area (TPSA) is 78.4 Å². The maximum atomic E-state index is 11.8. The Hall–Kier alpha value is -1.56. The summed E-state index contributed by atoms with van der Waals surface area (Å²) < 4.78 is 0. The number of hydrogen-bond donors (Lipinski definition) is 3. The summed E-state index contributed by atoms with van der Waals surface area (Å²) in [6.07, 6.45) is 2.09. The van der Waals surface area contributed by atoms with Crippen molar-refractivity contribution in [2.75, 3.05) is 6.54 Å². The van der Waals surface area contributed by atoms with Crippen molar-refractivity contribution in [1.82, 2.24) is 10.6 Å². The number of thiophene rings is 1. The van der Waals surface area contributed by atoms with Crippen molar-refractivity contribution in [1.29, 1.82) is 0 Å². The van der Waals surface area contributed by atoms with Crippen molar-refractivity contribution >= 4 is 23.3 Å². The van der Waals surface area contributed by atoms with E-state index in [0.29, 0.717) is 12.8 Å². The molecule has 5 nitrogen and oxygen atoms in total. The van der Waals surface area contributed by atoms with Gasteiger partial charge in [-0.2, -0.15) is 0 Å². The number of nitrogens with one attached hydrogen (secondary N) is 2. The van der Waals surface area contributed by atoms with Crippen molar-refractivity contribution in [2.24, 2.45) is 5.41 Å². The fourth-order valence-electron chi connectivity index (χ4n) is 1.94. The molecule has 104 valence electrons. The summed E-state index contributed by atoms with van der Waals surface area (Å²) in [6.45, 7) is 2.21. The second-order valence-corrected chi connectivity index (χ2v) is 5.87. The van der Waals surface area contributed by atoms with Crippen molar-refractivity contribution in [3.05, 3.63) is 22.4 Å². The molecule has 1 atom stereocenters. The van der Waals surface area contributed by atoms with Crippen molar-refractivity contribution in [3.63, 3.8) is 0 Å². The maximum absolute atomic E-state index is 11.8. The molecule has 2 amide bonds. The first kappa shape index (κ1) is 13.9. The summed E-state index contributed by atoms with van der Waals surface area (Å²) in [5, 5.41) is 16.5. The van der Waals surface area contributed by atoms with Crippen LogP contribution in [0.25, 0.3) is 0 Å². The Kier molecular flexibility index (Phi) is 4.09. The van der Waals surface area contributed by atoms with Crippen LogP contribution in [0, 0.1) is 5.41 Å². The number of carbonyl (C=O) groups excluding carboxylic acids is 1. The van der Waals surface area contributed by atoms with Gasteiger partial charge < -0.3 is 15.7 Å². The highest BCUT2D eigenvalue weighted by Gasteiger charge is 2.50. The highest BCUT2D eigenvalue weighted by atomic mass is 32.1. The van der Waals surface area contributed by atoms with E-state index in [2.05, 4.69) is 10.6 Å². The molecule has 1 heterocycles. The highest BCUT2D eigenvalue weighted by molar-refractivity contribution is 7.10. The molecule has 6 heteroatoms.